The molecule has 2 atom stereocenters. The second kappa shape index (κ2) is 7.25. The Morgan fingerprint density at radius 3 is 2.14 bits per heavy atom. The van der Waals surface area contributed by atoms with Crippen molar-refractivity contribution in [2.45, 2.75) is 19.1 Å². The van der Waals surface area contributed by atoms with Crippen LogP contribution in [-0.4, -0.2) is 25.7 Å². The molecule has 2 aromatic carbocycles. The number of hydrogen-bond acceptors (Lipinski definition) is 3. The number of nitrogens with zero attached hydrogens (tertiary/aromatic N) is 1. The molecular weight excluding hydrogens is 260 g/mol. The van der Waals surface area contributed by atoms with E-state index in [0.29, 0.717) is 6.54 Å². The summed E-state index contributed by atoms with van der Waals surface area (Å²) in [5.41, 5.74) is 3.36. The third kappa shape index (κ3) is 4.31. The van der Waals surface area contributed by atoms with Crippen molar-refractivity contribution in [3.05, 3.63) is 65.7 Å². The molecule has 21 heavy (non-hydrogen) atoms. The zero-order chi connectivity index (χ0) is 15.2. The van der Waals surface area contributed by atoms with Crippen LogP contribution in [0.3, 0.4) is 0 Å². The summed E-state index contributed by atoms with van der Waals surface area (Å²) < 4.78 is 0. The van der Waals surface area contributed by atoms with Gasteiger partial charge in [-0.15, -0.1) is 0 Å². The van der Waals surface area contributed by atoms with Gasteiger partial charge in [-0.2, -0.15) is 0 Å². The predicted molar refractivity (Wildman–Crippen MR) is 88.6 cm³/mol. The third-order valence-corrected chi connectivity index (χ3v) is 3.71. The highest BCUT2D eigenvalue weighted by Crippen LogP contribution is 2.18. The minimum Gasteiger partial charge on any atom is -0.387 e. The molecule has 0 aromatic heterocycles. The van der Waals surface area contributed by atoms with Crippen LogP contribution in [0.5, 0.6) is 0 Å². The first-order valence-corrected chi connectivity index (χ1v) is 7.31. The first-order chi connectivity index (χ1) is 10.1. The van der Waals surface area contributed by atoms with E-state index in [1.807, 2.05) is 44.4 Å². The molecule has 0 spiro atoms. The molecule has 0 saturated heterocycles. The van der Waals surface area contributed by atoms with E-state index in [2.05, 4.69) is 41.4 Å². The molecule has 0 bridgehead atoms. The Hall–Kier alpha value is -1.84. The first kappa shape index (κ1) is 15.5. The van der Waals surface area contributed by atoms with E-state index in [1.54, 1.807) is 0 Å². The number of aliphatic hydroxyl groups is 1. The Labute approximate surface area is 127 Å². The van der Waals surface area contributed by atoms with Crippen molar-refractivity contribution in [2.24, 2.45) is 0 Å². The summed E-state index contributed by atoms with van der Waals surface area (Å²) in [7, 11) is 4.07. The standard InChI is InChI=1S/C18H24N2O/c1-14(15-9-11-17(12-10-15)20(2)3)19-13-18(21)16-7-5-4-6-8-16/h4-12,14,18-19,21H,13H2,1-3H3. The van der Waals surface area contributed by atoms with Gasteiger partial charge in [0.15, 0.2) is 0 Å². The summed E-state index contributed by atoms with van der Waals surface area (Å²) in [4.78, 5) is 2.08. The van der Waals surface area contributed by atoms with E-state index in [1.165, 1.54) is 11.3 Å². The van der Waals surface area contributed by atoms with Gasteiger partial charge in [0, 0.05) is 32.4 Å². The van der Waals surface area contributed by atoms with Gasteiger partial charge in [-0.3, -0.25) is 0 Å². The fraction of sp³-hybridized carbons (Fsp3) is 0.333. The quantitative estimate of drug-likeness (QED) is 0.855. The lowest BCUT2D eigenvalue weighted by atomic mass is 10.1. The fourth-order valence-corrected chi connectivity index (χ4v) is 2.26. The van der Waals surface area contributed by atoms with Crippen LogP contribution in [0.15, 0.2) is 54.6 Å². The van der Waals surface area contributed by atoms with E-state index in [9.17, 15) is 5.11 Å². The number of rotatable bonds is 6. The molecule has 2 aromatic rings. The van der Waals surface area contributed by atoms with Crippen LogP contribution in [0.4, 0.5) is 5.69 Å². The molecule has 112 valence electrons. The SMILES string of the molecule is CC(NCC(O)c1ccccc1)c1ccc(N(C)C)cc1. The first-order valence-electron chi connectivity index (χ1n) is 7.31. The summed E-state index contributed by atoms with van der Waals surface area (Å²) in [5.74, 6) is 0. The van der Waals surface area contributed by atoms with Crippen LogP contribution in [0, 0.1) is 0 Å². The van der Waals surface area contributed by atoms with E-state index < -0.39 is 6.10 Å². The van der Waals surface area contributed by atoms with Crippen LogP contribution >= 0.6 is 0 Å². The molecule has 0 saturated carbocycles. The van der Waals surface area contributed by atoms with Crippen molar-refractivity contribution in [2.75, 3.05) is 25.5 Å². The summed E-state index contributed by atoms with van der Waals surface area (Å²) in [6.07, 6.45) is -0.477. The van der Waals surface area contributed by atoms with Gasteiger partial charge in [-0.1, -0.05) is 42.5 Å². The molecule has 0 heterocycles. The molecular formula is C18H24N2O. The summed E-state index contributed by atoms with van der Waals surface area (Å²) in [6.45, 7) is 2.66. The van der Waals surface area contributed by atoms with Crippen molar-refractivity contribution in [1.82, 2.24) is 5.32 Å². The molecule has 0 fully saturated rings. The summed E-state index contributed by atoms with van der Waals surface area (Å²) >= 11 is 0. The fourth-order valence-electron chi connectivity index (χ4n) is 2.26. The Morgan fingerprint density at radius 2 is 1.57 bits per heavy atom. The normalized spacial score (nSPS) is 13.7. The van der Waals surface area contributed by atoms with E-state index >= 15 is 0 Å². The van der Waals surface area contributed by atoms with E-state index in [0.717, 1.165) is 5.56 Å². The molecule has 0 aliphatic heterocycles. The second-order valence-corrected chi connectivity index (χ2v) is 5.54. The average molecular weight is 284 g/mol. The Balaban J connectivity index is 1.91. The number of anilines is 1. The molecule has 3 heteroatoms. The Morgan fingerprint density at radius 1 is 0.952 bits per heavy atom. The minimum absolute atomic E-state index is 0.208. The lowest BCUT2D eigenvalue weighted by Gasteiger charge is -2.19. The molecule has 0 radical (unpaired) electrons. The predicted octanol–water partition coefficient (Wildman–Crippen LogP) is 3.14. The number of benzene rings is 2. The van der Waals surface area contributed by atoms with Gasteiger partial charge >= 0.3 is 0 Å². The third-order valence-electron chi connectivity index (χ3n) is 3.71. The molecule has 2 N–H and O–H groups in total. The molecule has 0 aliphatic carbocycles. The van der Waals surface area contributed by atoms with Crippen molar-refractivity contribution in [1.29, 1.82) is 0 Å². The van der Waals surface area contributed by atoms with Crippen molar-refractivity contribution in [3.63, 3.8) is 0 Å². The van der Waals surface area contributed by atoms with Crippen molar-refractivity contribution < 1.29 is 5.11 Å². The highest BCUT2D eigenvalue weighted by Gasteiger charge is 2.10. The zero-order valence-electron chi connectivity index (χ0n) is 13.0. The Bertz CT molecular complexity index is 537. The van der Waals surface area contributed by atoms with Gasteiger partial charge < -0.3 is 15.3 Å². The van der Waals surface area contributed by atoms with Gasteiger partial charge in [0.25, 0.3) is 0 Å². The number of nitrogens with one attached hydrogen (secondary N) is 1. The smallest absolute Gasteiger partial charge is 0.0914 e. The molecule has 2 rings (SSSR count). The van der Waals surface area contributed by atoms with Crippen LogP contribution in [0.1, 0.15) is 30.2 Å². The maximum absolute atomic E-state index is 10.2. The van der Waals surface area contributed by atoms with Gasteiger partial charge in [-0.25, -0.2) is 0 Å². The average Bonchev–Trinajstić information content (AvgIpc) is 2.53. The van der Waals surface area contributed by atoms with Crippen LogP contribution in [0.2, 0.25) is 0 Å². The summed E-state index contributed by atoms with van der Waals surface area (Å²) in [6, 6.07) is 18.4. The molecule has 0 amide bonds. The lowest BCUT2D eigenvalue weighted by molar-refractivity contribution is 0.171. The van der Waals surface area contributed by atoms with Crippen LogP contribution in [0.25, 0.3) is 0 Å². The number of aliphatic hydroxyl groups excluding tert-OH is 1. The monoisotopic (exact) mass is 284 g/mol. The van der Waals surface area contributed by atoms with Gasteiger partial charge in [-0.05, 0) is 30.2 Å². The van der Waals surface area contributed by atoms with Crippen molar-refractivity contribution in [3.8, 4) is 0 Å². The summed E-state index contributed by atoms with van der Waals surface area (Å²) in [5, 5.41) is 13.5. The molecule has 3 nitrogen and oxygen atoms in total. The molecule has 2 unspecified atom stereocenters. The minimum atomic E-state index is -0.477. The maximum Gasteiger partial charge on any atom is 0.0914 e. The largest absolute Gasteiger partial charge is 0.387 e. The highest BCUT2D eigenvalue weighted by atomic mass is 16.3. The Kier molecular flexibility index (Phi) is 5.37. The van der Waals surface area contributed by atoms with Gasteiger partial charge in [0.1, 0.15) is 0 Å². The maximum atomic E-state index is 10.2. The molecule has 0 aliphatic rings. The van der Waals surface area contributed by atoms with Crippen LogP contribution < -0.4 is 10.2 Å². The van der Waals surface area contributed by atoms with Gasteiger partial charge in [0.05, 0.1) is 6.10 Å². The van der Waals surface area contributed by atoms with E-state index in [-0.39, 0.29) is 6.04 Å². The van der Waals surface area contributed by atoms with Gasteiger partial charge in [0.2, 0.25) is 0 Å². The lowest BCUT2D eigenvalue weighted by Crippen LogP contribution is -2.24. The van der Waals surface area contributed by atoms with Crippen molar-refractivity contribution >= 4 is 5.69 Å². The second-order valence-electron chi connectivity index (χ2n) is 5.54. The highest BCUT2D eigenvalue weighted by molar-refractivity contribution is 5.46. The van der Waals surface area contributed by atoms with Crippen LogP contribution in [-0.2, 0) is 0 Å². The van der Waals surface area contributed by atoms with E-state index in [4.69, 9.17) is 0 Å². The zero-order valence-corrected chi connectivity index (χ0v) is 13.0. The number of hydrogen-bond donors (Lipinski definition) is 2. The topological polar surface area (TPSA) is 35.5 Å².